The Balaban J connectivity index is 1.17. The topological polar surface area (TPSA) is 261 Å². The van der Waals surface area contributed by atoms with Gasteiger partial charge in [-0.25, -0.2) is 0 Å². The molecule has 0 saturated carbocycles. The molecule has 9 atom stereocenters. The van der Waals surface area contributed by atoms with Crippen molar-refractivity contribution < 1.29 is 52.6 Å². The maximum Gasteiger partial charge on any atom is 0.253 e. The van der Waals surface area contributed by atoms with E-state index in [1.54, 1.807) is 30.8 Å². The maximum absolute atomic E-state index is 14.8. The number of H-pyrrole nitrogens is 1. The Morgan fingerprint density at radius 1 is 0.759 bits per heavy atom. The van der Waals surface area contributed by atoms with Crippen LogP contribution in [0.5, 0.6) is 0 Å². The van der Waals surface area contributed by atoms with E-state index >= 15 is 0 Å². The lowest BCUT2D eigenvalue weighted by Gasteiger charge is -2.41. The molecule has 1 fully saturated rings. The van der Waals surface area contributed by atoms with E-state index in [0.29, 0.717) is 58.0 Å². The lowest BCUT2D eigenvalue weighted by molar-refractivity contribution is -0.148. The zero-order valence-electron chi connectivity index (χ0n) is 50.7. The Hall–Kier alpha value is -6.97. The number of fused-ring (bicyclic) bond motifs is 1. The second-order valence-electron chi connectivity index (χ2n) is 23.0. The first-order chi connectivity index (χ1) is 39.6. The third-order valence-corrected chi connectivity index (χ3v) is 16.3. The van der Waals surface area contributed by atoms with Crippen LogP contribution in [0.25, 0.3) is 10.9 Å². The third-order valence-electron chi connectivity index (χ3n) is 16.3. The van der Waals surface area contributed by atoms with Crippen LogP contribution >= 0.6 is 0 Å². The van der Waals surface area contributed by atoms with Gasteiger partial charge in [0.2, 0.25) is 41.4 Å². The average Bonchev–Trinajstić information content (AvgIpc) is 4.21. The Kier molecular flexibility index (Phi) is 26.4. The summed E-state index contributed by atoms with van der Waals surface area (Å²) in [5, 5.41) is 10.1. The summed E-state index contributed by atoms with van der Waals surface area (Å²) >= 11 is 0. The molecule has 456 valence electrons. The van der Waals surface area contributed by atoms with Crippen LogP contribution in [0.3, 0.4) is 0 Å². The number of carbonyl (C=O) groups excluding carboxylic acids is 9. The molecule has 3 aromatic rings. The highest BCUT2D eigenvalue weighted by atomic mass is 16.5. The smallest absolute Gasteiger partial charge is 0.253 e. The number of nitrogens with one attached hydrogen (secondary N) is 6. The zero-order valence-corrected chi connectivity index (χ0v) is 50.7. The molecule has 2 aliphatic heterocycles. The number of likely N-dealkylation sites (N-methyl/N-ethyl adjacent to an activating group) is 2. The quantitative estimate of drug-likeness (QED) is 0.0269. The molecule has 83 heavy (non-hydrogen) atoms. The molecule has 1 aromatic heterocycles. The molecule has 5 rings (SSSR count). The number of para-hydroxylation sites is 1. The van der Waals surface area contributed by atoms with Crippen molar-refractivity contribution in [1.82, 2.24) is 51.4 Å². The van der Waals surface area contributed by atoms with Crippen molar-refractivity contribution in [2.45, 2.75) is 168 Å². The summed E-state index contributed by atoms with van der Waals surface area (Å²) in [6.07, 6.45) is 7.26. The Morgan fingerprint density at radius 2 is 1.41 bits per heavy atom. The van der Waals surface area contributed by atoms with Gasteiger partial charge in [-0.1, -0.05) is 110 Å². The Labute approximate surface area is 490 Å². The summed E-state index contributed by atoms with van der Waals surface area (Å²) in [4.78, 5) is 130. The van der Waals surface area contributed by atoms with Gasteiger partial charge in [0.25, 0.3) is 11.8 Å². The van der Waals surface area contributed by atoms with Crippen LogP contribution in [0.1, 0.15) is 124 Å². The maximum atomic E-state index is 14.8. The number of imide groups is 1. The van der Waals surface area contributed by atoms with E-state index in [4.69, 9.17) is 9.47 Å². The minimum atomic E-state index is -0.929. The number of hydrogen-bond acceptors (Lipinski definition) is 12. The summed E-state index contributed by atoms with van der Waals surface area (Å²) in [5.41, 5.74) is 7.59. The Morgan fingerprint density at radius 3 is 2.04 bits per heavy atom. The molecule has 3 heterocycles. The van der Waals surface area contributed by atoms with Gasteiger partial charge in [0.1, 0.15) is 12.1 Å². The standard InChI is InChI=1S/C62H92N10O11/c1-12-41(6)57(70(9)62(81)55(39(2)3)66-61(80)56(40(4)5)69(8)32-22-29-51(74)68-67-50(73)28-17-14-20-33-72-52(75)30-31-53(72)76)49(82-10)36-54(77)71-34-21-27-48(71)58(83-11)42(7)59(78)65-47(60(79)64-37-43-23-15-13-16-24-43)35-44-38-63-46-26-19-18-25-45(44)46/h13,15-16,18-19,23-26,30-31,38-42,47-49,55-58,63H,12,14,17,20-22,27-29,32-37H2,1-11H3,(H,64,79)(H,65,78)(H,66,80)(H,67,73)(H,68,74)/t41-,42+,47-,48-,49+,55-,56-,57-,58+/m0/s1. The summed E-state index contributed by atoms with van der Waals surface area (Å²) < 4.78 is 12.2. The molecule has 0 unspecified atom stereocenters. The van der Waals surface area contributed by atoms with Crippen molar-refractivity contribution in [3.8, 4) is 0 Å². The number of methoxy groups -OCH3 is 2. The number of aromatic amines is 1. The van der Waals surface area contributed by atoms with Gasteiger partial charge in [-0.3, -0.25) is 63.8 Å². The van der Waals surface area contributed by atoms with E-state index in [1.165, 1.54) is 26.4 Å². The van der Waals surface area contributed by atoms with E-state index in [1.807, 2.05) is 107 Å². The van der Waals surface area contributed by atoms with Crippen LogP contribution < -0.4 is 26.8 Å². The first kappa shape index (κ1) is 66.8. The number of nitrogens with zero attached hydrogens (tertiary/aromatic N) is 4. The number of unbranched alkanes of at least 4 members (excludes halogenated alkanes) is 2. The molecule has 9 amide bonds. The van der Waals surface area contributed by atoms with E-state index in [0.717, 1.165) is 26.9 Å². The lowest BCUT2D eigenvalue weighted by Crippen LogP contribution is -2.60. The van der Waals surface area contributed by atoms with E-state index in [2.05, 4.69) is 31.8 Å². The Bertz CT molecular complexity index is 2680. The molecule has 0 bridgehead atoms. The van der Waals surface area contributed by atoms with E-state index in [-0.39, 0.29) is 104 Å². The van der Waals surface area contributed by atoms with E-state index < -0.39 is 54.2 Å². The number of rotatable bonds is 33. The normalized spacial score (nSPS) is 17.3. The van der Waals surface area contributed by atoms with Gasteiger partial charge in [-0.05, 0) is 80.6 Å². The fourth-order valence-electron chi connectivity index (χ4n) is 11.5. The number of ether oxygens (including phenoxy) is 2. The van der Waals surface area contributed by atoms with Crippen LogP contribution in [0.2, 0.25) is 0 Å². The number of benzene rings is 2. The van der Waals surface area contributed by atoms with Crippen LogP contribution in [0.15, 0.2) is 72.9 Å². The number of hydrogen-bond donors (Lipinski definition) is 6. The predicted octanol–water partition coefficient (Wildman–Crippen LogP) is 4.94. The SMILES string of the molecule is CC[C@H](C)[C@@H]([C@@H](CC(=O)N1CCC[C@H]1[C@H](OC)[C@@H](C)C(=O)N[C@@H](Cc1c[nH]c2ccccc12)C(=O)NCc1ccccc1)OC)N(C)C(=O)[C@@H](NC(=O)[C@H](C(C)C)N(C)CCCC(=O)NNC(=O)CCCCCN1C(=O)C=CC1=O)C(C)C. The van der Waals surface area contributed by atoms with Crippen molar-refractivity contribution in [3.63, 3.8) is 0 Å². The number of amides is 9. The van der Waals surface area contributed by atoms with Crippen molar-refractivity contribution in [2.24, 2.45) is 23.7 Å². The van der Waals surface area contributed by atoms with Crippen LogP contribution in [-0.4, -0.2) is 168 Å². The summed E-state index contributed by atoms with van der Waals surface area (Å²) in [6.45, 7) is 14.7. The summed E-state index contributed by atoms with van der Waals surface area (Å²) in [5.74, 6) is -4.45. The molecule has 6 N–H and O–H groups in total. The molecule has 0 aliphatic carbocycles. The fraction of sp³-hybridized carbons (Fsp3) is 0.597. The van der Waals surface area contributed by atoms with Crippen molar-refractivity contribution in [1.29, 1.82) is 0 Å². The number of likely N-dealkylation sites (tertiary alicyclic amines) is 1. The lowest BCUT2D eigenvalue weighted by atomic mass is 9.89. The van der Waals surface area contributed by atoms with Gasteiger partial charge in [0.05, 0.1) is 42.7 Å². The third kappa shape index (κ3) is 18.8. The molecule has 1 saturated heterocycles. The van der Waals surface area contributed by atoms with E-state index in [9.17, 15) is 43.2 Å². The predicted molar refractivity (Wildman–Crippen MR) is 316 cm³/mol. The highest BCUT2D eigenvalue weighted by Crippen LogP contribution is 2.30. The molecular weight excluding hydrogens is 1060 g/mol. The molecule has 2 aliphatic rings. The van der Waals surface area contributed by atoms with Crippen LogP contribution in [-0.2, 0) is 65.6 Å². The molecular formula is C62H92N10O11. The highest BCUT2D eigenvalue weighted by molar-refractivity contribution is 6.12. The van der Waals surface area contributed by atoms with Crippen LogP contribution in [0, 0.1) is 23.7 Å². The first-order valence-electron chi connectivity index (χ1n) is 29.5. The molecule has 2 aromatic carbocycles. The van der Waals surface area contributed by atoms with Crippen molar-refractivity contribution in [3.05, 3.63) is 84.1 Å². The van der Waals surface area contributed by atoms with Gasteiger partial charge >= 0.3 is 0 Å². The molecule has 0 spiro atoms. The minimum Gasteiger partial charge on any atom is -0.379 e. The number of carbonyl (C=O) groups is 9. The van der Waals surface area contributed by atoms with Gasteiger partial charge in [0.15, 0.2) is 0 Å². The highest BCUT2D eigenvalue weighted by Gasteiger charge is 2.44. The largest absolute Gasteiger partial charge is 0.379 e. The van der Waals surface area contributed by atoms with Gasteiger partial charge in [-0.2, -0.15) is 0 Å². The van der Waals surface area contributed by atoms with Gasteiger partial charge in [-0.15, -0.1) is 0 Å². The average molecular weight is 1150 g/mol. The fourth-order valence-corrected chi connectivity index (χ4v) is 11.5. The zero-order chi connectivity index (χ0) is 60.9. The second-order valence-corrected chi connectivity index (χ2v) is 23.0. The molecule has 21 heteroatoms. The monoisotopic (exact) mass is 1150 g/mol. The summed E-state index contributed by atoms with van der Waals surface area (Å²) in [6, 6.07) is 13.8. The van der Waals surface area contributed by atoms with Crippen molar-refractivity contribution >= 4 is 64.1 Å². The summed E-state index contributed by atoms with van der Waals surface area (Å²) in [7, 11) is 6.54. The van der Waals surface area contributed by atoms with Crippen molar-refractivity contribution in [2.75, 3.05) is 47.9 Å². The minimum absolute atomic E-state index is 0.0681. The second kappa shape index (κ2) is 32.8. The van der Waals surface area contributed by atoms with Gasteiger partial charge in [0, 0.05) is 89.4 Å². The molecule has 0 radical (unpaired) electrons. The first-order valence-corrected chi connectivity index (χ1v) is 29.5. The number of hydrazine groups is 1. The molecule has 21 nitrogen and oxygen atoms in total. The number of aromatic nitrogens is 1. The van der Waals surface area contributed by atoms with Gasteiger partial charge < -0.3 is 40.2 Å². The van der Waals surface area contributed by atoms with Crippen LogP contribution in [0.4, 0.5) is 0 Å².